The van der Waals surface area contributed by atoms with E-state index in [0.717, 1.165) is 11.1 Å². The topological polar surface area (TPSA) is 24.7 Å². The molecule has 2 heteroatoms. The Morgan fingerprint density at radius 3 is 1.35 bits per heavy atom. The van der Waals surface area contributed by atoms with Gasteiger partial charge in [0.15, 0.2) is 0 Å². The summed E-state index contributed by atoms with van der Waals surface area (Å²) in [4.78, 5) is 9.14. The molecular formula is C18H20N2. The zero-order valence-electron chi connectivity index (χ0n) is 12.0. The van der Waals surface area contributed by atoms with Gasteiger partial charge in [0.1, 0.15) is 0 Å². The first-order valence-electron chi connectivity index (χ1n) is 6.92. The van der Waals surface area contributed by atoms with Gasteiger partial charge >= 0.3 is 0 Å². The Labute approximate surface area is 120 Å². The van der Waals surface area contributed by atoms with Gasteiger partial charge in [0.05, 0.1) is 12.1 Å². The lowest BCUT2D eigenvalue weighted by atomic mass is 10.2. The van der Waals surface area contributed by atoms with Crippen LogP contribution in [0, 0.1) is 0 Å². The highest BCUT2D eigenvalue weighted by atomic mass is 14.9. The Morgan fingerprint density at radius 2 is 1.00 bits per heavy atom. The van der Waals surface area contributed by atoms with Crippen LogP contribution >= 0.6 is 0 Å². The lowest BCUT2D eigenvalue weighted by Gasteiger charge is -2.11. The van der Waals surface area contributed by atoms with Crippen LogP contribution in [0.4, 0.5) is 0 Å². The van der Waals surface area contributed by atoms with Crippen LogP contribution in [0.15, 0.2) is 70.6 Å². The number of aliphatic imine (C=N–C) groups is 2. The van der Waals surface area contributed by atoms with Crippen molar-refractivity contribution in [2.45, 2.75) is 25.9 Å². The molecule has 20 heavy (non-hydrogen) atoms. The summed E-state index contributed by atoms with van der Waals surface area (Å²) in [5.41, 5.74) is 2.25. The highest BCUT2D eigenvalue weighted by Crippen LogP contribution is 2.04. The van der Waals surface area contributed by atoms with Crippen molar-refractivity contribution in [1.82, 2.24) is 0 Å². The molecule has 0 aliphatic heterocycles. The second-order valence-corrected chi connectivity index (χ2v) is 4.86. The molecule has 0 bridgehead atoms. The highest BCUT2D eigenvalue weighted by molar-refractivity contribution is 5.80. The predicted octanol–water partition coefficient (Wildman–Crippen LogP) is 4.00. The van der Waals surface area contributed by atoms with E-state index in [1.54, 1.807) is 0 Å². The van der Waals surface area contributed by atoms with E-state index < -0.39 is 0 Å². The molecular weight excluding hydrogens is 244 g/mol. The average Bonchev–Trinajstić information content (AvgIpc) is 2.52. The van der Waals surface area contributed by atoms with Crippen molar-refractivity contribution in [1.29, 1.82) is 0 Å². The summed E-state index contributed by atoms with van der Waals surface area (Å²) < 4.78 is 0. The molecule has 0 heterocycles. The fourth-order valence-corrected chi connectivity index (χ4v) is 1.73. The quantitative estimate of drug-likeness (QED) is 0.729. The van der Waals surface area contributed by atoms with Gasteiger partial charge in [-0.1, -0.05) is 60.7 Å². The molecule has 0 aromatic heterocycles. The minimum atomic E-state index is 0.162. The molecule has 2 atom stereocenters. The molecule has 0 saturated heterocycles. The van der Waals surface area contributed by atoms with Crippen molar-refractivity contribution in [3.8, 4) is 0 Å². The second-order valence-electron chi connectivity index (χ2n) is 4.86. The Morgan fingerprint density at radius 1 is 0.650 bits per heavy atom. The molecule has 0 aliphatic rings. The van der Waals surface area contributed by atoms with Gasteiger partial charge < -0.3 is 0 Å². The number of hydrogen-bond acceptors (Lipinski definition) is 2. The number of nitrogens with zero attached hydrogens (tertiary/aromatic N) is 2. The van der Waals surface area contributed by atoms with Crippen molar-refractivity contribution < 1.29 is 0 Å². The summed E-state index contributed by atoms with van der Waals surface area (Å²) in [6.07, 6.45) is 3.83. The summed E-state index contributed by atoms with van der Waals surface area (Å²) >= 11 is 0. The van der Waals surface area contributed by atoms with Gasteiger partial charge in [0, 0.05) is 12.4 Å². The molecule has 0 amide bonds. The van der Waals surface area contributed by atoms with Crippen LogP contribution in [0.2, 0.25) is 0 Å². The minimum Gasteiger partial charge on any atom is -0.287 e. The molecule has 0 unspecified atom stereocenters. The third kappa shape index (κ3) is 4.47. The number of rotatable bonds is 5. The van der Waals surface area contributed by atoms with Crippen molar-refractivity contribution in [2.75, 3.05) is 0 Å². The molecule has 0 N–H and O–H groups in total. The van der Waals surface area contributed by atoms with E-state index in [0.29, 0.717) is 0 Å². The lowest BCUT2D eigenvalue weighted by Crippen LogP contribution is -2.15. The maximum absolute atomic E-state index is 4.57. The molecule has 0 spiro atoms. The van der Waals surface area contributed by atoms with E-state index in [4.69, 9.17) is 0 Å². The molecule has 0 fully saturated rings. The number of hydrogen-bond donors (Lipinski definition) is 0. The molecule has 2 rings (SSSR count). The predicted molar refractivity (Wildman–Crippen MR) is 87.0 cm³/mol. The van der Waals surface area contributed by atoms with Crippen LogP contribution in [0.25, 0.3) is 0 Å². The van der Waals surface area contributed by atoms with Crippen LogP contribution in [-0.4, -0.2) is 24.5 Å². The number of benzene rings is 2. The lowest BCUT2D eigenvalue weighted by molar-refractivity contribution is 0.612. The molecule has 2 aromatic carbocycles. The third-order valence-electron chi connectivity index (χ3n) is 3.21. The van der Waals surface area contributed by atoms with E-state index in [1.807, 2.05) is 73.1 Å². The van der Waals surface area contributed by atoms with Gasteiger partial charge in [0.25, 0.3) is 0 Å². The summed E-state index contributed by atoms with van der Waals surface area (Å²) in [7, 11) is 0. The van der Waals surface area contributed by atoms with E-state index in [1.165, 1.54) is 0 Å². The summed E-state index contributed by atoms with van der Waals surface area (Å²) in [5, 5.41) is 0. The molecule has 2 nitrogen and oxygen atoms in total. The molecule has 0 aliphatic carbocycles. The van der Waals surface area contributed by atoms with Gasteiger partial charge in [-0.05, 0) is 25.0 Å². The minimum absolute atomic E-state index is 0.162. The van der Waals surface area contributed by atoms with E-state index in [9.17, 15) is 0 Å². The zero-order valence-corrected chi connectivity index (χ0v) is 12.0. The maximum atomic E-state index is 4.57. The Bertz CT molecular complexity index is 505. The van der Waals surface area contributed by atoms with Crippen LogP contribution in [0.3, 0.4) is 0 Å². The van der Waals surface area contributed by atoms with Crippen molar-refractivity contribution in [2.24, 2.45) is 9.98 Å². The van der Waals surface area contributed by atoms with Crippen LogP contribution in [0.1, 0.15) is 25.0 Å². The van der Waals surface area contributed by atoms with Crippen molar-refractivity contribution in [3.63, 3.8) is 0 Å². The zero-order chi connectivity index (χ0) is 14.2. The molecule has 0 radical (unpaired) electrons. The first-order valence-corrected chi connectivity index (χ1v) is 6.92. The van der Waals surface area contributed by atoms with Gasteiger partial charge in [-0.25, -0.2) is 0 Å². The third-order valence-corrected chi connectivity index (χ3v) is 3.21. The monoisotopic (exact) mass is 264 g/mol. The summed E-state index contributed by atoms with van der Waals surface area (Å²) in [6, 6.07) is 20.6. The SMILES string of the molecule is C[C@H](N=Cc1ccccc1)[C@@H](C)N=Cc1ccccc1. The van der Waals surface area contributed by atoms with Crippen LogP contribution in [-0.2, 0) is 0 Å². The maximum Gasteiger partial charge on any atom is 0.0692 e. The fraction of sp³-hybridized carbons (Fsp3) is 0.222. The van der Waals surface area contributed by atoms with Gasteiger partial charge in [-0.2, -0.15) is 0 Å². The first-order chi connectivity index (χ1) is 9.75. The van der Waals surface area contributed by atoms with Crippen molar-refractivity contribution >= 4 is 12.4 Å². The molecule has 2 aromatic rings. The molecule has 0 saturated carbocycles. The van der Waals surface area contributed by atoms with Crippen molar-refractivity contribution in [3.05, 3.63) is 71.8 Å². The smallest absolute Gasteiger partial charge is 0.0692 e. The fourth-order valence-electron chi connectivity index (χ4n) is 1.73. The first kappa shape index (κ1) is 14.2. The summed E-state index contributed by atoms with van der Waals surface area (Å²) in [5.74, 6) is 0. The second kappa shape index (κ2) is 7.39. The Hall–Kier alpha value is -2.22. The van der Waals surface area contributed by atoms with Gasteiger partial charge in [-0.15, -0.1) is 0 Å². The standard InChI is InChI=1S/C18H20N2/c1-15(19-13-17-9-5-3-6-10-17)16(2)20-14-18-11-7-4-8-12-18/h3-16H,1-2H3/t15-,16+. The van der Waals surface area contributed by atoms with E-state index in [-0.39, 0.29) is 12.1 Å². The van der Waals surface area contributed by atoms with E-state index >= 15 is 0 Å². The van der Waals surface area contributed by atoms with E-state index in [2.05, 4.69) is 23.8 Å². The summed E-state index contributed by atoms with van der Waals surface area (Å²) in [6.45, 7) is 4.18. The highest BCUT2D eigenvalue weighted by Gasteiger charge is 2.07. The molecule has 102 valence electrons. The van der Waals surface area contributed by atoms with Gasteiger partial charge in [0.2, 0.25) is 0 Å². The Balaban J connectivity index is 1.94. The average molecular weight is 264 g/mol. The van der Waals surface area contributed by atoms with Gasteiger partial charge in [-0.3, -0.25) is 9.98 Å². The Kier molecular flexibility index (Phi) is 5.24. The normalized spacial score (nSPS) is 14.7. The van der Waals surface area contributed by atoms with Crippen LogP contribution < -0.4 is 0 Å². The van der Waals surface area contributed by atoms with Crippen LogP contribution in [0.5, 0.6) is 0 Å². The largest absolute Gasteiger partial charge is 0.287 e.